The molecule has 154 valence electrons. The van der Waals surface area contributed by atoms with Gasteiger partial charge in [0.2, 0.25) is 0 Å². The zero-order valence-corrected chi connectivity index (χ0v) is 17.1. The smallest absolute Gasteiger partial charge is 0.257 e. The maximum Gasteiger partial charge on any atom is 0.257 e. The summed E-state index contributed by atoms with van der Waals surface area (Å²) in [5, 5.41) is 2.87. The Balaban J connectivity index is 1.52. The number of amides is 2. The van der Waals surface area contributed by atoms with Gasteiger partial charge in [0, 0.05) is 35.7 Å². The molecule has 0 atom stereocenters. The summed E-state index contributed by atoms with van der Waals surface area (Å²) < 4.78 is 16.0. The first kappa shape index (κ1) is 19.9. The number of carbonyl (C=O) groups excluding carboxylic acids is 2. The number of halogens is 1. The highest BCUT2D eigenvalue weighted by molar-refractivity contribution is 6.05. The summed E-state index contributed by atoms with van der Waals surface area (Å²) >= 11 is 0. The monoisotopic (exact) mass is 405 g/mol. The van der Waals surface area contributed by atoms with E-state index < -0.39 is 0 Å². The number of aromatic nitrogens is 1. The molecule has 0 aliphatic carbocycles. The lowest BCUT2D eigenvalue weighted by atomic mass is 10.1. The van der Waals surface area contributed by atoms with Crippen molar-refractivity contribution in [3.05, 3.63) is 82.9 Å². The molecule has 1 aromatic heterocycles. The van der Waals surface area contributed by atoms with Gasteiger partial charge < -0.3 is 14.8 Å². The highest BCUT2D eigenvalue weighted by atomic mass is 19.1. The van der Waals surface area contributed by atoms with E-state index in [1.165, 1.54) is 6.07 Å². The van der Waals surface area contributed by atoms with Gasteiger partial charge in [0.15, 0.2) is 0 Å². The van der Waals surface area contributed by atoms with Crippen molar-refractivity contribution in [2.45, 2.75) is 26.7 Å². The van der Waals surface area contributed by atoms with Crippen molar-refractivity contribution in [2.24, 2.45) is 0 Å². The largest absolute Gasteiger partial charge is 0.339 e. The number of anilines is 1. The van der Waals surface area contributed by atoms with Crippen LogP contribution in [0.5, 0.6) is 0 Å². The quantitative estimate of drug-likeness (QED) is 0.683. The van der Waals surface area contributed by atoms with Crippen LogP contribution in [-0.4, -0.2) is 34.4 Å². The lowest BCUT2D eigenvalue weighted by Crippen LogP contribution is -2.27. The van der Waals surface area contributed by atoms with Gasteiger partial charge in [0.05, 0.1) is 11.3 Å². The molecular formula is C24H24FN3O2. The number of carbonyl (C=O) groups is 2. The molecule has 2 heterocycles. The van der Waals surface area contributed by atoms with E-state index in [2.05, 4.69) is 5.32 Å². The van der Waals surface area contributed by atoms with Gasteiger partial charge in [-0.1, -0.05) is 12.1 Å². The fourth-order valence-electron chi connectivity index (χ4n) is 3.99. The minimum absolute atomic E-state index is 0.0267. The molecule has 0 saturated carbocycles. The van der Waals surface area contributed by atoms with Crippen LogP contribution in [0.15, 0.2) is 54.6 Å². The first-order valence-electron chi connectivity index (χ1n) is 10.1. The predicted octanol–water partition coefficient (Wildman–Crippen LogP) is 4.72. The molecule has 30 heavy (non-hydrogen) atoms. The van der Waals surface area contributed by atoms with Crippen LogP contribution in [0.2, 0.25) is 0 Å². The Labute approximate surface area is 175 Å². The SMILES string of the molecule is Cc1cc(C(=O)Nc2ccc(C(=O)N3CCCC3)cc2)c(C)n1-c1ccccc1F. The third-order valence-corrected chi connectivity index (χ3v) is 5.55. The molecule has 3 aromatic rings. The van der Waals surface area contributed by atoms with Crippen molar-refractivity contribution in [3.63, 3.8) is 0 Å². The number of hydrogen-bond donors (Lipinski definition) is 1. The van der Waals surface area contributed by atoms with E-state index in [4.69, 9.17) is 0 Å². The molecule has 1 saturated heterocycles. The molecule has 2 amide bonds. The van der Waals surface area contributed by atoms with Crippen LogP contribution >= 0.6 is 0 Å². The lowest BCUT2D eigenvalue weighted by molar-refractivity contribution is 0.0792. The Morgan fingerprint density at radius 2 is 1.63 bits per heavy atom. The molecule has 0 radical (unpaired) electrons. The molecule has 1 aliphatic heterocycles. The number of nitrogens with zero attached hydrogens (tertiary/aromatic N) is 2. The van der Waals surface area contributed by atoms with Gasteiger partial charge in [-0.05, 0) is 69.2 Å². The molecule has 0 unspecified atom stereocenters. The van der Waals surface area contributed by atoms with Crippen molar-refractivity contribution >= 4 is 17.5 Å². The van der Waals surface area contributed by atoms with Crippen molar-refractivity contribution in [2.75, 3.05) is 18.4 Å². The van der Waals surface area contributed by atoms with Crippen molar-refractivity contribution in [3.8, 4) is 5.69 Å². The van der Waals surface area contributed by atoms with Crippen LogP contribution in [-0.2, 0) is 0 Å². The van der Waals surface area contributed by atoms with Crippen LogP contribution in [0, 0.1) is 19.7 Å². The van der Waals surface area contributed by atoms with E-state index in [0.29, 0.717) is 28.2 Å². The fraction of sp³-hybridized carbons (Fsp3) is 0.250. The van der Waals surface area contributed by atoms with Gasteiger partial charge in [0.1, 0.15) is 5.82 Å². The average Bonchev–Trinajstić information content (AvgIpc) is 3.37. The summed E-state index contributed by atoms with van der Waals surface area (Å²) in [6.45, 7) is 5.24. The average molecular weight is 405 g/mol. The van der Waals surface area contributed by atoms with Crippen LogP contribution in [0.1, 0.15) is 44.9 Å². The highest BCUT2D eigenvalue weighted by Gasteiger charge is 2.20. The number of aryl methyl sites for hydroxylation is 1. The third-order valence-electron chi connectivity index (χ3n) is 5.55. The van der Waals surface area contributed by atoms with Crippen molar-refractivity contribution < 1.29 is 14.0 Å². The van der Waals surface area contributed by atoms with Crippen molar-refractivity contribution in [1.29, 1.82) is 0 Å². The molecule has 0 spiro atoms. The Bertz CT molecular complexity index is 1100. The number of benzene rings is 2. The Hall–Kier alpha value is -3.41. The molecule has 5 nitrogen and oxygen atoms in total. The molecule has 1 aliphatic rings. The van der Waals surface area contributed by atoms with Gasteiger partial charge >= 0.3 is 0 Å². The summed E-state index contributed by atoms with van der Waals surface area (Å²) in [7, 11) is 0. The fourth-order valence-corrected chi connectivity index (χ4v) is 3.99. The number of nitrogens with one attached hydrogen (secondary N) is 1. The standard InChI is InChI=1S/C24H24FN3O2/c1-16-15-20(17(2)28(16)22-8-4-3-7-21(22)25)23(29)26-19-11-9-18(10-12-19)24(30)27-13-5-6-14-27/h3-4,7-12,15H,5-6,13-14H2,1-2H3,(H,26,29). The van der Waals surface area contributed by atoms with Crippen LogP contribution < -0.4 is 5.32 Å². The van der Waals surface area contributed by atoms with E-state index in [-0.39, 0.29) is 17.6 Å². The molecular weight excluding hydrogens is 381 g/mol. The first-order chi connectivity index (χ1) is 14.5. The normalized spacial score (nSPS) is 13.5. The van der Waals surface area contributed by atoms with Gasteiger partial charge in [-0.25, -0.2) is 4.39 Å². The van der Waals surface area contributed by atoms with E-state index >= 15 is 0 Å². The zero-order valence-electron chi connectivity index (χ0n) is 17.1. The van der Waals surface area contributed by atoms with E-state index in [9.17, 15) is 14.0 Å². The second kappa shape index (κ2) is 8.14. The van der Waals surface area contributed by atoms with Crippen LogP contribution in [0.25, 0.3) is 5.69 Å². The van der Waals surface area contributed by atoms with Gasteiger partial charge in [0.25, 0.3) is 11.8 Å². The number of para-hydroxylation sites is 1. The van der Waals surface area contributed by atoms with E-state index in [0.717, 1.165) is 31.6 Å². The topological polar surface area (TPSA) is 54.3 Å². The summed E-state index contributed by atoms with van der Waals surface area (Å²) in [6, 6.07) is 15.2. The third kappa shape index (κ3) is 3.73. The molecule has 1 N–H and O–H groups in total. The summed E-state index contributed by atoms with van der Waals surface area (Å²) in [5.74, 6) is -0.590. The minimum Gasteiger partial charge on any atom is -0.339 e. The molecule has 6 heteroatoms. The van der Waals surface area contributed by atoms with Crippen molar-refractivity contribution in [1.82, 2.24) is 9.47 Å². The molecule has 4 rings (SSSR count). The second-order valence-corrected chi connectivity index (χ2v) is 7.60. The minimum atomic E-state index is -0.343. The maximum atomic E-state index is 14.3. The molecule has 1 fully saturated rings. The van der Waals surface area contributed by atoms with E-state index in [1.807, 2.05) is 11.8 Å². The Morgan fingerprint density at radius 3 is 2.30 bits per heavy atom. The summed E-state index contributed by atoms with van der Waals surface area (Å²) in [6.07, 6.45) is 2.09. The number of likely N-dealkylation sites (tertiary alicyclic amines) is 1. The second-order valence-electron chi connectivity index (χ2n) is 7.60. The molecule has 0 bridgehead atoms. The number of hydrogen-bond acceptors (Lipinski definition) is 2. The zero-order chi connectivity index (χ0) is 21.3. The molecule has 2 aromatic carbocycles. The summed E-state index contributed by atoms with van der Waals surface area (Å²) in [5.41, 5.74) is 3.55. The predicted molar refractivity (Wildman–Crippen MR) is 115 cm³/mol. The van der Waals surface area contributed by atoms with Gasteiger partial charge in [-0.3, -0.25) is 9.59 Å². The Morgan fingerprint density at radius 1 is 0.967 bits per heavy atom. The van der Waals surface area contributed by atoms with Gasteiger partial charge in [-0.15, -0.1) is 0 Å². The van der Waals surface area contributed by atoms with Crippen LogP contribution in [0.4, 0.5) is 10.1 Å². The first-order valence-corrected chi connectivity index (χ1v) is 10.1. The van der Waals surface area contributed by atoms with Crippen LogP contribution in [0.3, 0.4) is 0 Å². The number of rotatable bonds is 4. The summed E-state index contributed by atoms with van der Waals surface area (Å²) in [4.78, 5) is 27.2. The lowest BCUT2D eigenvalue weighted by Gasteiger charge is -2.15. The van der Waals surface area contributed by atoms with Gasteiger partial charge in [-0.2, -0.15) is 0 Å². The highest BCUT2D eigenvalue weighted by Crippen LogP contribution is 2.24. The Kier molecular flexibility index (Phi) is 5.40. The maximum absolute atomic E-state index is 14.3. The van der Waals surface area contributed by atoms with E-state index in [1.54, 1.807) is 60.0 Å².